The fourth-order valence-electron chi connectivity index (χ4n) is 1.80. The molecule has 16 heavy (non-hydrogen) atoms. The van der Waals surface area contributed by atoms with Crippen molar-refractivity contribution in [1.82, 2.24) is 20.1 Å². The van der Waals surface area contributed by atoms with E-state index in [1.54, 1.807) is 11.3 Å². The van der Waals surface area contributed by atoms with Crippen LogP contribution >= 0.6 is 11.3 Å². The van der Waals surface area contributed by atoms with Crippen molar-refractivity contribution in [2.75, 3.05) is 7.05 Å². The molecule has 0 fully saturated rings. The van der Waals surface area contributed by atoms with E-state index in [0.29, 0.717) is 0 Å². The molecule has 0 aliphatic carbocycles. The predicted octanol–water partition coefficient (Wildman–Crippen LogP) is 2.06. The summed E-state index contributed by atoms with van der Waals surface area (Å²) in [6, 6.07) is 2.19. The second-order valence-electron chi connectivity index (χ2n) is 3.61. The van der Waals surface area contributed by atoms with Gasteiger partial charge in [0.25, 0.3) is 0 Å². The summed E-state index contributed by atoms with van der Waals surface area (Å²) in [6.45, 7) is 3.10. The Hall–Kier alpha value is -1.20. The van der Waals surface area contributed by atoms with Crippen molar-refractivity contribution in [3.63, 3.8) is 0 Å². The molecule has 2 aromatic heterocycles. The van der Waals surface area contributed by atoms with Crippen LogP contribution in [0.1, 0.15) is 30.8 Å². The van der Waals surface area contributed by atoms with E-state index in [-0.39, 0.29) is 6.04 Å². The van der Waals surface area contributed by atoms with E-state index in [1.807, 2.05) is 23.4 Å². The minimum atomic E-state index is 0.139. The molecular weight excluding hydrogens is 220 g/mol. The molecule has 2 rings (SSSR count). The van der Waals surface area contributed by atoms with Crippen LogP contribution in [-0.2, 0) is 6.54 Å². The highest BCUT2D eigenvalue weighted by Gasteiger charge is 2.17. The van der Waals surface area contributed by atoms with Crippen LogP contribution in [0.4, 0.5) is 0 Å². The monoisotopic (exact) mass is 236 g/mol. The highest BCUT2D eigenvalue weighted by molar-refractivity contribution is 7.07. The molecule has 4 nitrogen and oxygen atoms in total. The van der Waals surface area contributed by atoms with Crippen LogP contribution in [0, 0.1) is 0 Å². The maximum atomic E-state index is 4.36. The van der Waals surface area contributed by atoms with Gasteiger partial charge in [0.2, 0.25) is 0 Å². The van der Waals surface area contributed by atoms with Crippen molar-refractivity contribution in [1.29, 1.82) is 0 Å². The van der Waals surface area contributed by atoms with Gasteiger partial charge < -0.3 is 5.32 Å². The Morgan fingerprint density at radius 3 is 3.06 bits per heavy atom. The van der Waals surface area contributed by atoms with Gasteiger partial charge in [0.05, 0.1) is 22.9 Å². The van der Waals surface area contributed by atoms with Gasteiger partial charge in [-0.2, -0.15) is 5.10 Å². The SMILES string of the molecule is CCCn1nccc1C(NC)c1cscn1. The van der Waals surface area contributed by atoms with Crippen LogP contribution in [0.5, 0.6) is 0 Å². The van der Waals surface area contributed by atoms with Gasteiger partial charge in [-0.1, -0.05) is 6.92 Å². The van der Waals surface area contributed by atoms with E-state index in [2.05, 4.69) is 33.8 Å². The molecule has 0 radical (unpaired) electrons. The molecule has 2 aromatic rings. The fourth-order valence-corrected chi connectivity index (χ4v) is 2.38. The van der Waals surface area contributed by atoms with E-state index < -0.39 is 0 Å². The van der Waals surface area contributed by atoms with Crippen LogP contribution < -0.4 is 5.32 Å². The van der Waals surface area contributed by atoms with Gasteiger partial charge in [-0.3, -0.25) is 4.68 Å². The molecule has 0 amide bonds. The van der Waals surface area contributed by atoms with Gasteiger partial charge in [-0.25, -0.2) is 4.98 Å². The quantitative estimate of drug-likeness (QED) is 0.864. The second-order valence-corrected chi connectivity index (χ2v) is 4.33. The second kappa shape index (κ2) is 5.23. The molecule has 0 saturated heterocycles. The van der Waals surface area contributed by atoms with Crippen molar-refractivity contribution in [2.24, 2.45) is 0 Å². The van der Waals surface area contributed by atoms with Gasteiger partial charge in [-0.05, 0) is 19.5 Å². The number of aromatic nitrogens is 3. The van der Waals surface area contributed by atoms with Gasteiger partial charge in [0.1, 0.15) is 0 Å². The van der Waals surface area contributed by atoms with Crippen molar-refractivity contribution in [3.8, 4) is 0 Å². The summed E-state index contributed by atoms with van der Waals surface area (Å²) >= 11 is 1.62. The Morgan fingerprint density at radius 2 is 2.44 bits per heavy atom. The third-order valence-corrected chi connectivity index (χ3v) is 3.12. The molecular formula is C11H16N4S. The maximum absolute atomic E-state index is 4.36. The topological polar surface area (TPSA) is 42.7 Å². The average Bonchev–Trinajstić information content (AvgIpc) is 2.92. The number of nitrogens with one attached hydrogen (secondary N) is 1. The zero-order chi connectivity index (χ0) is 11.4. The Kier molecular flexibility index (Phi) is 3.69. The molecule has 0 aromatic carbocycles. The molecule has 0 bridgehead atoms. The Bertz CT molecular complexity index is 421. The first-order valence-corrected chi connectivity index (χ1v) is 6.38. The third kappa shape index (κ3) is 2.15. The summed E-state index contributed by atoms with van der Waals surface area (Å²) in [5.74, 6) is 0. The third-order valence-electron chi connectivity index (χ3n) is 2.52. The molecule has 1 N–H and O–H groups in total. The number of thiazole rings is 1. The Morgan fingerprint density at radius 1 is 1.56 bits per heavy atom. The van der Waals surface area contributed by atoms with Crippen molar-refractivity contribution in [2.45, 2.75) is 25.9 Å². The Labute approximate surface area is 99.3 Å². The molecule has 1 atom stereocenters. The fraction of sp³-hybridized carbons (Fsp3) is 0.455. The molecule has 0 saturated carbocycles. The Balaban J connectivity index is 2.30. The lowest BCUT2D eigenvalue weighted by molar-refractivity contribution is 0.530. The van der Waals surface area contributed by atoms with Gasteiger partial charge >= 0.3 is 0 Å². The van der Waals surface area contributed by atoms with Crippen LogP contribution in [0.15, 0.2) is 23.2 Å². The van der Waals surface area contributed by atoms with E-state index in [4.69, 9.17) is 0 Å². The summed E-state index contributed by atoms with van der Waals surface area (Å²) in [4.78, 5) is 4.36. The molecule has 0 aliphatic heterocycles. The number of rotatable bonds is 5. The number of aryl methyl sites for hydroxylation is 1. The van der Waals surface area contributed by atoms with Crippen molar-refractivity contribution >= 4 is 11.3 Å². The van der Waals surface area contributed by atoms with E-state index in [0.717, 1.165) is 18.7 Å². The van der Waals surface area contributed by atoms with E-state index in [1.165, 1.54) is 5.69 Å². The number of hydrogen-bond donors (Lipinski definition) is 1. The van der Waals surface area contributed by atoms with Gasteiger partial charge in [0.15, 0.2) is 0 Å². The van der Waals surface area contributed by atoms with Crippen molar-refractivity contribution < 1.29 is 0 Å². The molecule has 0 spiro atoms. The summed E-state index contributed by atoms with van der Waals surface area (Å²) in [7, 11) is 1.95. The molecule has 86 valence electrons. The van der Waals surface area contributed by atoms with Gasteiger partial charge in [-0.15, -0.1) is 11.3 Å². The van der Waals surface area contributed by atoms with Crippen LogP contribution in [0.25, 0.3) is 0 Å². The van der Waals surface area contributed by atoms with Crippen LogP contribution in [0.3, 0.4) is 0 Å². The zero-order valence-electron chi connectivity index (χ0n) is 9.55. The smallest absolute Gasteiger partial charge is 0.0928 e. The normalized spacial score (nSPS) is 12.9. The first-order chi connectivity index (χ1) is 7.86. The minimum absolute atomic E-state index is 0.139. The molecule has 5 heteroatoms. The zero-order valence-corrected chi connectivity index (χ0v) is 10.4. The lowest BCUT2D eigenvalue weighted by Gasteiger charge is -2.15. The standard InChI is InChI=1S/C11H16N4S/c1-3-6-15-10(4-5-14-15)11(12-2)9-7-16-8-13-9/h4-5,7-8,11-12H,3,6H2,1-2H3. The van der Waals surface area contributed by atoms with Crippen LogP contribution in [0.2, 0.25) is 0 Å². The van der Waals surface area contributed by atoms with Crippen molar-refractivity contribution in [3.05, 3.63) is 34.5 Å². The number of nitrogens with zero attached hydrogens (tertiary/aromatic N) is 3. The predicted molar refractivity (Wildman–Crippen MR) is 65.5 cm³/mol. The highest BCUT2D eigenvalue weighted by Crippen LogP contribution is 2.21. The molecule has 0 aliphatic rings. The summed E-state index contributed by atoms with van der Waals surface area (Å²) in [5.41, 5.74) is 4.10. The molecule has 2 heterocycles. The summed E-state index contributed by atoms with van der Waals surface area (Å²) in [6.07, 6.45) is 2.93. The summed E-state index contributed by atoms with van der Waals surface area (Å²) in [5, 5.41) is 9.70. The first kappa shape index (κ1) is 11.3. The van der Waals surface area contributed by atoms with Gasteiger partial charge in [0, 0.05) is 18.1 Å². The lowest BCUT2D eigenvalue weighted by atomic mass is 10.1. The average molecular weight is 236 g/mol. The van der Waals surface area contributed by atoms with E-state index >= 15 is 0 Å². The lowest BCUT2D eigenvalue weighted by Crippen LogP contribution is -2.21. The highest BCUT2D eigenvalue weighted by atomic mass is 32.1. The molecule has 1 unspecified atom stereocenters. The minimum Gasteiger partial charge on any atom is -0.307 e. The maximum Gasteiger partial charge on any atom is 0.0928 e. The van der Waals surface area contributed by atoms with Crippen LogP contribution in [-0.4, -0.2) is 21.8 Å². The first-order valence-electron chi connectivity index (χ1n) is 5.44. The largest absolute Gasteiger partial charge is 0.307 e. The van der Waals surface area contributed by atoms with E-state index in [9.17, 15) is 0 Å². The summed E-state index contributed by atoms with van der Waals surface area (Å²) < 4.78 is 2.04. The number of hydrogen-bond acceptors (Lipinski definition) is 4.